The Hall–Kier alpha value is -2.57. The van der Waals surface area contributed by atoms with E-state index in [1.807, 2.05) is 36.4 Å². The van der Waals surface area contributed by atoms with Crippen molar-refractivity contribution in [2.45, 2.75) is 12.5 Å². The molecule has 2 aromatic carbocycles. The van der Waals surface area contributed by atoms with Crippen molar-refractivity contribution in [3.63, 3.8) is 0 Å². The predicted octanol–water partition coefficient (Wildman–Crippen LogP) is 2.91. The third-order valence-electron chi connectivity index (χ3n) is 4.39. The van der Waals surface area contributed by atoms with Crippen LogP contribution >= 0.6 is 0 Å². The molecule has 0 saturated carbocycles. The molecule has 25 heavy (non-hydrogen) atoms. The fraction of sp³-hybridized carbons (Fsp3) is 0.316. The van der Waals surface area contributed by atoms with Crippen molar-refractivity contribution in [2.24, 2.45) is 0 Å². The summed E-state index contributed by atoms with van der Waals surface area (Å²) in [5.74, 6) is 0.498. The summed E-state index contributed by atoms with van der Waals surface area (Å²) in [6.45, 7) is 2.15. The van der Waals surface area contributed by atoms with E-state index in [4.69, 9.17) is 13.9 Å². The molecule has 6 nitrogen and oxygen atoms in total. The third-order valence-corrected chi connectivity index (χ3v) is 4.39. The zero-order valence-electron chi connectivity index (χ0n) is 14.0. The summed E-state index contributed by atoms with van der Waals surface area (Å²) < 4.78 is 16.9. The molecular weight excluding hydrogens is 320 g/mol. The minimum Gasteiger partial charge on any atom is -0.495 e. The summed E-state index contributed by atoms with van der Waals surface area (Å²) in [6.07, 6.45) is 0.198. The average molecular weight is 340 g/mol. The number of fused-ring (bicyclic) bond motifs is 3. The SMILES string of the molecule is COc1cc2c(cc1NC(=O)C[C@H]1CNCCO1)oc1ccccc12. The van der Waals surface area contributed by atoms with Gasteiger partial charge < -0.3 is 24.5 Å². The smallest absolute Gasteiger partial charge is 0.227 e. The molecular formula is C19H20N2O4. The fourth-order valence-electron chi connectivity index (χ4n) is 3.18. The maximum atomic E-state index is 12.4. The van der Waals surface area contributed by atoms with Gasteiger partial charge in [0.15, 0.2) is 0 Å². The van der Waals surface area contributed by atoms with Gasteiger partial charge in [0.2, 0.25) is 5.91 Å². The Morgan fingerprint density at radius 3 is 2.96 bits per heavy atom. The molecule has 1 aromatic heterocycles. The van der Waals surface area contributed by atoms with E-state index in [0.29, 0.717) is 36.6 Å². The molecule has 1 fully saturated rings. The van der Waals surface area contributed by atoms with Gasteiger partial charge in [-0.2, -0.15) is 0 Å². The highest BCUT2D eigenvalue weighted by atomic mass is 16.5. The Balaban J connectivity index is 1.61. The van der Waals surface area contributed by atoms with Crippen LogP contribution in [0, 0.1) is 0 Å². The van der Waals surface area contributed by atoms with E-state index in [1.165, 1.54) is 0 Å². The molecule has 0 bridgehead atoms. The molecule has 1 aliphatic rings. The summed E-state index contributed by atoms with van der Waals surface area (Å²) in [6, 6.07) is 11.5. The van der Waals surface area contributed by atoms with E-state index in [9.17, 15) is 4.79 Å². The molecule has 0 aliphatic carbocycles. The van der Waals surface area contributed by atoms with Gasteiger partial charge in [-0.05, 0) is 12.1 Å². The first kappa shape index (κ1) is 15.9. The topological polar surface area (TPSA) is 72.7 Å². The zero-order chi connectivity index (χ0) is 17.2. The maximum absolute atomic E-state index is 12.4. The van der Waals surface area contributed by atoms with Crippen LogP contribution in [0.15, 0.2) is 40.8 Å². The maximum Gasteiger partial charge on any atom is 0.227 e. The second-order valence-corrected chi connectivity index (χ2v) is 6.10. The number of carbonyl (C=O) groups excluding carboxylic acids is 1. The zero-order valence-corrected chi connectivity index (χ0v) is 14.0. The van der Waals surface area contributed by atoms with Gasteiger partial charge >= 0.3 is 0 Å². The molecule has 3 aromatic rings. The number of hydrogen-bond acceptors (Lipinski definition) is 5. The van der Waals surface area contributed by atoms with Gasteiger partial charge in [-0.25, -0.2) is 0 Å². The Morgan fingerprint density at radius 2 is 2.16 bits per heavy atom. The molecule has 130 valence electrons. The first-order valence-electron chi connectivity index (χ1n) is 8.36. The number of ether oxygens (including phenoxy) is 2. The molecule has 0 unspecified atom stereocenters. The van der Waals surface area contributed by atoms with Crippen LogP contribution in [-0.4, -0.2) is 38.8 Å². The van der Waals surface area contributed by atoms with Crippen LogP contribution in [0.5, 0.6) is 5.75 Å². The minimum absolute atomic E-state index is 0.102. The van der Waals surface area contributed by atoms with E-state index < -0.39 is 0 Å². The van der Waals surface area contributed by atoms with Crippen molar-refractivity contribution in [2.75, 3.05) is 32.1 Å². The van der Waals surface area contributed by atoms with E-state index >= 15 is 0 Å². The van der Waals surface area contributed by atoms with Gasteiger partial charge in [0, 0.05) is 29.9 Å². The summed E-state index contributed by atoms with van der Waals surface area (Å²) in [5, 5.41) is 8.12. The standard InChI is InChI=1S/C19H20N2O4/c1-23-18-9-14-13-4-2-3-5-16(13)25-17(14)10-15(18)21-19(22)8-12-11-20-6-7-24-12/h2-5,9-10,12,20H,6-8,11H2,1H3,(H,21,22)/t12-/m0/s1. The van der Waals surface area contributed by atoms with Gasteiger partial charge in [0.25, 0.3) is 0 Å². The van der Waals surface area contributed by atoms with Crippen molar-refractivity contribution < 1.29 is 18.7 Å². The van der Waals surface area contributed by atoms with Crippen molar-refractivity contribution in [1.82, 2.24) is 5.32 Å². The molecule has 0 radical (unpaired) electrons. The lowest BCUT2D eigenvalue weighted by molar-refractivity contribution is -0.119. The highest BCUT2D eigenvalue weighted by Gasteiger charge is 2.19. The number of carbonyl (C=O) groups is 1. The Kier molecular flexibility index (Phi) is 4.29. The van der Waals surface area contributed by atoms with Crippen LogP contribution in [0.25, 0.3) is 21.9 Å². The Bertz CT molecular complexity index is 912. The van der Waals surface area contributed by atoms with Crippen molar-refractivity contribution in [1.29, 1.82) is 0 Å². The quantitative estimate of drug-likeness (QED) is 0.764. The van der Waals surface area contributed by atoms with E-state index in [0.717, 1.165) is 22.9 Å². The second kappa shape index (κ2) is 6.74. The molecule has 6 heteroatoms. The van der Waals surface area contributed by atoms with E-state index in [-0.39, 0.29) is 12.0 Å². The number of rotatable bonds is 4. The highest BCUT2D eigenvalue weighted by molar-refractivity contribution is 6.07. The minimum atomic E-state index is -0.109. The lowest BCUT2D eigenvalue weighted by Gasteiger charge is -2.23. The predicted molar refractivity (Wildman–Crippen MR) is 96.1 cm³/mol. The Morgan fingerprint density at radius 1 is 1.28 bits per heavy atom. The van der Waals surface area contributed by atoms with Gasteiger partial charge in [0.05, 0.1) is 31.9 Å². The van der Waals surface area contributed by atoms with Crippen LogP contribution in [0.2, 0.25) is 0 Å². The monoisotopic (exact) mass is 340 g/mol. The summed E-state index contributed by atoms with van der Waals surface area (Å²) in [7, 11) is 1.59. The first-order chi connectivity index (χ1) is 12.2. The van der Waals surface area contributed by atoms with Gasteiger partial charge in [-0.15, -0.1) is 0 Å². The number of furan rings is 1. The molecule has 2 heterocycles. The van der Waals surface area contributed by atoms with Crippen molar-refractivity contribution in [3.05, 3.63) is 36.4 Å². The number of amides is 1. The van der Waals surface area contributed by atoms with Gasteiger partial charge in [-0.3, -0.25) is 4.79 Å². The molecule has 2 N–H and O–H groups in total. The fourth-order valence-corrected chi connectivity index (χ4v) is 3.18. The molecule has 0 spiro atoms. The molecule has 1 amide bonds. The summed E-state index contributed by atoms with van der Waals surface area (Å²) in [5.41, 5.74) is 2.13. The summed E-state index contributed by atoms with van der Waals surface area (Å²) in [4.78, 5) is 12.4. The number of benzene rings is 2. The molecule has 1 aliphatic heterocycles. The van der Waals surface area contributed by atoms with E-state index in [2.05, 4.69) is 10.6 Å². The third kappa shape index (κ3) is 3.18. The van der Waals surface area contributed by atoms with Crippen LogP contribution in [0.1, 0.15) is 6.42 Å². The lowest BCUT2D eigenvalue weighted by atomic mass is 10.1. The van der Waals surface area contributed by atoms with Crippen molar-refractivity contribution >= 4 is 33.5 Å². The number of para-hydroxylation sites is 1. The lowest BCUT2D eigenvalue weighted by Crippen LogP contribution is -2.40. The normalized spacial score (nSPS) is 17.7. The van der Waals surface area contributed by atoms with Crippen LogP contribution in [0.4, 0.5) is 5.69 Å². The number of methoxy groups -OCH3 is 1. The average Bonchev–Trinajstić information content (AvgIpc) is 2.99. The van der Waals surface area contributed by atoms with Gasteiger partial charge in [-0.1, -0.05) is 18.2 Å². The van der Waals surface area contributed by atoms with Crippen LogP contribution in [-0.2, 0) is 9.53 Å². The van der Waals surface area contributed by atoms with E-state index in [1.54, 1.807) is 7.11 Å². The van der Waals surface area contributed by atoms with Crippen LogP contribution < -0.4 is 15.4 Å². The first-order valence-corrected chi connectivity index (χ1v) is 8.36. The molecule has 1 atom stereocenters. The molecule has 1 saturated heterocycles. The second-order valence-electron chi connectivity index (χ2n) is 6.10. The molecule has 4 rings (SSSR count). The van der Waals surface area contributed by atoms with Crippen molar-refractivity contribution in [3.8, 4) is 5.75 Å². The van der Waals surface area contributed by atoms with Crippen LogP contribution in [0.3, 0.4) is 0 Å². The number of anilines is 1. The summed E-state index contributed by atoms with van der Waals surface area (Å²) >= 11 is 0. The largest absolute Gasteiger partial charge is 0.495 e. The number of morpholine rings is 1. The highest BCUT2D eigenvalue weighted by Crippen LogP contribution is 2.36. The Labute approximate surface area is 145 Å². The number of hydrogen-bond donors (Lipinski definition) is 2. The van der Waals surface area contributed by atoms with Gasteiger partial charge in [0.1, 0.15) is 16.9 Å². The number of nitrogens with one attached hydrogen (secondary N) is 2.